The first-order valence-electron chi connectivity index (χ1n) is 11.6. The van der Waals surface area contributed by atoms with Gasteiger partial charge in [-0.25, -0.2) is 0 Å². The molecule has 0 spiro atoms. The van der Waals surface area contributed by atoms with Crippen LogP contribution in [0.5, 0.6) is 5.75 Å². The largest absolute Gasteiger partial charge is 0.476 e. The van der Waals surface area contributed by atoms with Crippen molar-refractivity contribution in [3.8, 4) is 5.75 Å². The van der Waals surface area contributed by atoms with E-state index >= 15 is 0 Å². The van der Waals surface area contributed by atoms with E-state index in [2.05, 4.69) is 19.2 Å². The number of amides is 3. The van der Waals surface area contributed by atoms with Crippen molar-refractivity contribution in [2.75, 3.05) is 11.4 Å². The number of carbonyl (C=O) groups excluding carboxylic acids is 3. The second kappa shape index (κ2) is 8.75. The summed E-state index contributed by atoms with van der Waals surface area (Å²) >= 11 is 0. The predicted octanol–water partition coefficient (Wildman–Crippen LogP) is 3.90. The number of benzene rings is 1. The Kier molecular flexibility index (Phi) is 6.59. The average molecular weight is 444 g/mol. The van der Waals surface area contributed by atoms with E-state index < -0.39 is 5.60 Å². The number of ether oxygens (including phenoxy) is 1. The summed E-state index contributed by atoms with van der Waals surface area (Å²) < 4.78 is 5.94. The van der Waals surface area contributed by atoms with Gasteiger partial charge in [0.25, 0.3) is 11.8 Å². The van der Waals surface area contributed by atoms with E-state index in [-0.39, 0.29) is 41.9 Å². The molecule has 0 unspecified atom stereocenters. The van der Waals surface area contributed by atoms with E-state index in [4.69, 9.17) is 4.74 Å². The summed E-state index contributed by atoms with van der Waals surface area (Å²) in [6, 6.07) is 5.34. The second-order valence-electron chi connectivity index (χ2n) is 10.3. The summed E-state index contributed by atoms with van der Waals surface area (Å²) in [5, 5.41) is 3.02. The lowest BCUT2D eigenvalue weighted by Crippen LogP contribution is -2.57. The molecule has 0 saturated carbocycles. The van der Waals surface area contributed by atoms with Gasteiger partial charge in [-0.15, -0.1) is 0 Å². The Morgan fingerprint density at radius 1 is 1.19 bits per heavy atom. The summed E-state index contributed by atoms with van der Waals surface area (Å²) in [4.78, 5) is 42.8. The molecule has 7 heteroatoms. The fraction of sp³-hybridized carbons (Fsp3) is 0.640. The molecule has 3 rings (SSSR count). The molecule has 176 valence electrons. The molecule has 1 fully saturated rings. The summed E-state index contributed by atoms with van der Waals surface area (Å²) in [7, 11) is 0. The van der Waals surface area contributed by atoms with Gasteiger partial charge in [0.05, 0.1) is 5.69 Å². The summed E-state index contributed by atoms with van der Waals surface area (Å²) in [6.07, 6.45) is 3.82. The van der Waals surface area contributed by atoms with Crippen molar-refractivity contribution in [1.29, 1.82) is 0 Å². The number of anilines is 1. The number of nitrogens with zero attached hydrogens (tertiary/aromatic N) is 2. The maximum absolute atomic E-state index is 13.3. The van der Waals surface area contributed by atoms with Gasteiger partial charge in [0.2, 0.25) is 5.91 Å². The van der Waals surface area contributed by atoms with Gasteiger partial charge in [0.15, 0.2) is 5.60 Å². The molecule has 0 aliphatic carbocycles. The molecule has 1 aromatic rings. The van der Waals surface area contributed by atoms with E-state index in [1.165, 1.54) is 4.90 Å². The minimum Gasteiger partial charge on any atom is -0.476 e. The number of piperidine rings is 1. The van der Waals surface area contributed by atoms with Crippen molar-refractivity contribution in [1.82, 2.24) is 10.2 Å². The highest BCUT2D eigenvalue weighted by molar-refractivity contribution is 6.07. The summed E-state index contributed by atoms with van der Waals surface area (Å²) in [5.41, 5.74) is -0.557. The Hall–Kier alpha value is -2.57. The van der Waals surface area contributed by atoms with Crippen molar-refractivity contribution in [3.63, 3.8) is 0 Å². The van der Waals surface area contributed by atoms with Crippen LogP contribution in [-0.2, 0) is 9.59 Å². The highest BCUT2D eigenvalue weighted by Crippen LogP contribution is 2.39. The maximum atomic E-state index is 13.3. The predicted molar refractivity (Wildman–Crippen MR) is 125 cm³/mol. The average Bonchev–Trinajstić information content (AvgIpc) is 2.70. The number of hydrogen-bond acceptors (Lipinski definition) is 4. The molecule has 2 aliphatic heterocycles. The van der Waals surface area contributed by atoms with Crippen molar-refractivity contribution in [2.45, 2.75) is 97.4 Å². The van der Waals surface area contributed by atoms with Gasteiger partial charge >= 0.3 is 0 Å². The van der Waals surface area contributed by atoms with Crippen molar-refractivity contribution in [2.24, 2.45) is 0 Å². The number of fused-ring (bicyclic) bond motifs is 1. The third-order valence-electron chi connectivity index (χ3n) is 6.75. The lowest BCUT2D eigenvalue weighted by atomic mass is 9.97. The van der Waals surface area contributed by atoms with Gasteiger partial charge in [-0.1, -0.05) is 6.92 Å². The molecule has 1 aromatic carbocycles. The molecule has 2 atom stereocenters. The topological polar surface area (TPSA) is 79.0 Å². The van der Waals surface area contributed by atoms with E-state index in [1.54, 1.807) is 32.0 Å². The van der Waals surface area contributed by atoms with Crippen molar-refractivity contribution >= 4 is 23.4 Å². The standard InChI is InChI=1S/C25H37N3O4/c1-8-24(4,5)26-22(30)18-12-13-20-19(14-18)27(23(31)25(6,7)32-20)15-21(29)28-16(2)10-9-11-17(28)3/h12-14,16-17H,8-11,15H2,1-7H3,(H,26,30)/t16-,17-/m0/s1. The minimum absolute atomic E-state index is 0.0706. The molecular formula is C25H37N3O4. The molecular weight excluding hydrogens is 406 g/mol. The number of rotatable bonds is 5. The third-order valence-corrected chi connectivity index (χ3v) is 6.75. The molecule has 7 nitrogen and oxygen atoms in total. The highest BCUT2D eigenvalue weighted by atomic mass is 16.5. The van der Waals surface area contributed by atoms with Crippen LogP contribution >= 0.6 is 0 Å². The minimum atomic E-state index is -1.10. The maximum Gasteiger partial charge on any atom is 0.271 e. The molecule has 0 aromatic heterocycles. The lowest BCUT2D eigenvalue weighted by Gasteiger charge is -2.42. The Morgan fingerprint density at radius 3 is 2.41 bits per heavy atom. The second-order valence-corrected chi connectivity index (χ2v) is 10.3. The first-order valence-corrected chi connectivity index (χ1v) is 11.6. The zero-order valence-electron chi connectivity index (χ0n) is 20.4. The Balaban J connectivity index is 1.93. The zero-order valence-corrected chi connectivity index (χ0v) is 20.4. The number of nitrogens with one attached hydrogen (secondary N) is 1. The molecule has 0 radical (unpaired) electrons. The van der Waals surface area contributed by atoms with Crippen LogP contribution in [0.3, 0.4) is 0 Å². The van der Waals surface area contributed by atoms with Gasteiger partial charge in [-0.3, -0.25) is 19.3 Å². The van der Waals surface area contributed by atoms with Crippen molar-refractivity contribution < 1.29 is 19.1 Å². The first-order chi connectivity index (χ1) is 14.9. The monoisotopic (exact) mass is 443 g/mol. The zero-order chi connectivity index (χ0) is 23.8. The Labute approximate surface area is 191 Å². The van der Waals surface area contributed by atoms with Crippen LogP contribution in [0.1, 0.15) is 84.5 Å². The summed E-state index contributed by atoms with van der Waals surface area (Å²) in [6.45, 7) is 13.4. The Bertz CT molecular complexity index is 898. The summed E-state index contributed by atoms with van der Waals surface area (Å²) in [5.74, 6) is -0.0966. The lowest BCUT2D eigenvalue weighted by molar-refractivity contribution is -0.139. The van der Waals surface area contributed by atoms with Gasteiger partial charge < -0.3 is 15.0 Å². The normalized spacial score (nSPS) is 22.8. The van der Waals surface area contributed by atoms with Crippen LogP contribution in [0, 0.1) is 0 Å². The number of likely N-dealkylation sites (tertiary alicyclic amines) is 1. The molecule has 2 aliphatic rings. The number of hydrogen-bond donors (Lipinski definition) is 1. The van der Waals surface area contributed by atoms with E-state index in [0.717, 1.165) is 25.7 Å². The van der Waals surface area contributed by atoms with Crippen LogP contribution in [0.15, 0.2) is 18.2 Å². The van der Waals surface area contributed by atoms with Gasteiger partial charge in [-0.2, -0.15) is 0 Å². The molecule has 3 amide bonds. The number of carbonyl (C=O) groups is 3. The van der Waals surface area contributed by atoms with Gasteiger partial charge in [0.1, 0.15) is 12.3 Å². The van der Waals surface area contributed by atoms with E-state index in [0.29, 0.717) is 17.0 Å². The fourth-order valence-corrected chi connectivity index (χ4v) is 4.46. The highest BCUT2D eigenvalue weighted by Gasteiger charge is 2.43. The molecule has 1 N–H and O–H groups in total. The van der Waals surface area contributed by atoms with Crippen LogP contribution in [0.25, 0.3) is 0 Å². The molecule has 0 bridgehead atoms. The molecule has 2 heterocycles. The van der Waals surface area contributed by atoms with E-state index in [9.17, 15) is 14.4 Å². The van der Waals surface area contributed by atoms with E-state index in [1.807, 2.05) is 25.7 Å². The molecule has 1 saturated heterocycles. The molecule has 32 heavy (non-hydrogen) atoms. The van der Waals surface area contributed by atoms with Crippen LogP contribution in [0.4, 0.5) is 5.69 Å². The SMILES string of the molecule is CCC(C)(C)NC(=O)c1ccc2c(c1)N(CC(=O)N1[C@@H](C)CCC[C@@H]1C)C(=O)C(C)(C)O2. The fourth-order valence-electron chi connectivity index (χ4n) is 4.46. The van der Waals surface area contributed by atoms with Crippen LogP contribution in [0.2, 0.25) is 0 Å². The van der Waals surface area contributed by atoms with Crippen LogP contribution in [-0.4, -0.2) is 52.4 Å². The van der Waals surface area contributed by atoms with Gasteiger partial charge in [-0.05, 0) is 85.4 Å². The quantitative estimate of drug-likeness (QED) is 0.749. The van der Waals surface area contributed by atoms with Crippen LogP contribution < -0.4 is 15.0 Å². The van der Waals surface area contributed by atoms with Gasteiger partial charge in [0, 0.05) is 23.2 Å². The Morgan fingerprint density at radius 2 is 1.81 bits per heavy atom. The smallest absolute Gasteiger partial charge is 0.271 e. The third kappa shape index (κ3) is 4.76. The first kappa shape index (κ1) is 24.1. The van der Waals surface area contributed by atoms with Crippen molar-refractivity contribution in [3.05, 3.63) is 23.8 Å².